The SMILES string of the molecule is C/C(=C(\O)c1ccccc1)P(c1ccccc1)c1ccccc1. The standard InChI is InChI=1S/C21H19OP/c1-17(21(22)18-11-5-2-6-12-18)23(19-13-7-3-8-14-19)20-15-9-4-10-16-20/h2-16,22H,1H3/b21-17+. The molecule has 0 heterocycles. The van der Waals surface area contributed by atoms with Crippen LogP contribution in [0.1, 0.15) is 12.5 Å². The van der Waals surface area contributed by atoms with Gasteiger partial charge in [-0.1, -0.05) is 91.0 Å². The third-order valence-corrected chi connectivity index (χ3v) is 6.27. The van der Waals surface area contributed by atoms with E-state index in [9.17, 15) is 5.11 Å². The van der Waals surface area contributed by atoms with E-state index >= 15 is 0 Å². The molecule has 23 heavy (non-hydrogen) atoms. The summed E-state index contributed by atoms with van der Waals surface area (Å²) in [5.41, 5.74) is 0.865. The number of hydrogen-bond donors (Lipinski definition) is 1. The minimum absolute atomic E-state index is 0.379. The molecule has 0 aromatic heterocycles. The van der Waals surface area contributed by atoms with Gasteiger partial charge < -0.3 is 5.11 Å². The highest BCUT2D eigenvalue weighted by Crippen LogP contribution is 2.45. The first-order chi connectivity index (χ1) is 11.3. The molecule has 3 aromatic rings. The first-order valence-electron chi connectivity index (χ1n) is 7.63. The lowest BCUT2D eigenvalue weighted by molar-refractivity contribution is 0.509. The number of rotatable bonds is 4. The molecule has 0 aliphatic rings. The van der Waals surface area contributed by atoms with Crippen molar-refractivity contribution in [1.29, 1.82) is 0 Å². The normalized spacial score (nSPS) is 12.1. The van der Waals surface area contributed by atoms with Crippen molar-refractivity contribution in [3.05, 3.63) is 102 Å². The number of hydrogen-bond acceptors (Lipinski definition) is 1. The smallest absolute Gasteiger partial charge is 0.126 e. The average molecular weight is 318 g/mol. The Hall–Kier alpha value is -2.37. The monoisotopic (exact) mass is 318 g/mol. The molecular weight excluding hydrogens is 299 g/mol. The Balaban J connectivity index is 2.12. The Bertz CT molecular complexity index is 740. The van der Waals surface area contributed by atoms with Gasteiger partial charge in [-0.25, -0.2) is 0 Å². The molecular formula is C21H19OP. The molecule has 114 valence electrons. The van der Waals surface area contributed by atoms with Crippen LogP contribution in [0.25, 0.3) is 5.76 Å². The van der Waals surface area contributed by atoms with Crippen LogP contribution in [-0.4, -0.2) is 5.11 Å². The molecule has 0 atom stereocenters. The van der Waals surface area contributed by atoms with Crippen LogP contribution in [0.15, 0.2) is 96.3 Å². The van der Waals surface area contributed by atoms with Crippen LogP contribution in [0, 0.1) is 0 Å². The molecule has 0 saturated carbocycles. The van der Waals surface area contributed by atoms with Crippen molar-refractivity contribution in [1.82, 2.24) is 0 Å². The molecule has 1 N–H and O–H groups in total. The van der Waals surface area contributed by atoms with Gasteiger partial charge in [-0.15, -0.1) is 0 Å². The van der Waals surface area contributed by atoms with E-state index in [-0.39, 0.29) is 0 Å². The van der Waals surface area contributed by atoms with Gasteiger partial charge in [0.2, 0.25) is 0 Å². The second-order valence-corrected chi connectivity index (χ2v) is 7.68. The summed E-state index contributed by atoms with van der Waals surface area (Å²) in [4.78, 5) is 0. The van der Waals surface area contributed by atoms with Gasteiger partial charge in [0.25, 0.3) is 0 Å². The maximum atomic E-state index is 10.8. The van der Waals surface area contributed by atoms with Crippen molar-refractivity contribution in [3.63, 3.8) is 0 Å². The van der Waals surface area contributed by atoms with E-state index < -0.39 is 7.92 Å². The van der Waals surface area contributed by atoms with Crippen molar-refractivity contribution < 1.29 is 5.11 Å². The van der Waals surface area contributed by atoms with Crippen LogP contribution in [0.4, 0.5) is 0 Å². The Labute approximate surface area is 138 Å². The predicted octanol–water partition coefficient (Wildman–Crippen LogP) is 5.07. The summed E-state index contributed by atoms with van der Waals surface area (Å²) in [6, 6.07) is 30.6. The van der Waals surface area contributed by atoms with Crippen molar-refractivity contribution in [2.45, 2.75) is 6.92 Å². The number of benzene rings is 3. The minimum atomic E-state index is -0.745. The van der Waals surface area contributed by atoms with E-state index in [1.807, 2.05) is 49.4 Å². The summed E-state index contributed by atoms with van der Waals surface area (Å²) < 4.78 is 0. The van der Waals surface area contributed by atoms with Gasteiger partial charge in [0.05, 0.1) is 0 Å². The topological polar surface area (TPSA) is 20.2 Å². The average Bonchev–Trinajstić information content (AvgIpc) is 2.64. The van der Waals surface area contributed by atoms with E-state index in [2.05, 4.69) is 48.5 Å². The van der Waals surface area contributed by atoms with Gasteiger partial charge in [-0.05, 0) is 25.5 Å². The molecule has 0 bridgehead atoms. The summed E-state index contributed by atoms with van der Waals surface area (Å²) >= 11 is 0. The molecule has 3 aromatic carbocycles. The Morgan fingerprint density at radius 2 is 1.04 bits per heavy atom. The molecule has 0 saturated heterocycles. The zero-order valence-corrected chi connectivity index (χ0v) is 13.9. The van der Waals surface area contributed by atoms with E-state index in [4.69, 9.17) is 0 Å². The highest BCUT2D eigenvalue weighted by molar-refractivity contribution is 7.76. The predicted molar refractivity (Wildman–Crippen MR) is 101 cm³/mol. The molecule has 2 heteroatoms. The second kappa shape index (κ2) is 7.26. The Morgan fingerprint density at radius 3 is 1.48 bits per heavy atom. The summed E-state index contributed by atoms with van der Waals surface area (Å²) in [5, 5.41) is 14.3. The molecule has 3 rings (SSSR count). The van der Waals surface area contributed by atoms with Crippen molar-refractivity contribution >= 4 is 24.3 Å². The number of aliphatic hydroxyl groups excluding tert-OH is 1. The fourth-order valence-electron chi connectivity index (χ4n) is 2.60. The van der Waals surface area contributed by atoms with Crippen LogP contribution in [0.5, 0.6) is 0 Å². The van der Waals surface area contributed by atoms with Gasteiger partial charge in [0.15, 0.2) is 0 Å². The fraction of sp³-hybridized carbons (Fsp3) is 0.0476. The fourth-order valence-corrected chi connectivity index (χ4v) is 4.96. The van der Waals surface area contributed by atoms with Gasteiger partial charge >= 0.3 is 0 Å². The van der Waals surface area contributed by atoms with Gasteiger partial charge in [-0.3, -0.25) is 0 Å². The largest absolute Gasteiger partial charge is 0.507 e. The van der Waals surface area contributed by atoms with Crippen LogP contribution in [0.2, 0.25) is 0 Å². The third kappa shape index (κ3) is 3.52. The van der Waals surface area contributed by atoms with E-state index in [0.717, 1.165) is 10.9 Å². The van der Waals surface area contributed by atoms with Gasteiger partial charge in [0, 0.05) is 10.9 Å². The van der Waals surface area contributed by atoms with E-state index in [1.165, 1.54) is 10.6 Å². The van der Waals surface area contributed by atoms with Crippen LogP contribution < -0.4 is 10.6 Å². The van der Waals surface area contributed by atoms with E-state index in [1.54, 1.807) is 0 Å². The molecule has 0 fully saturated rings. The van der Waals surface area contributed by atoms with Crippen molar-refractivity contribution in [3.8, 4) is 0 Å². The van der Waals surface area contributed by atoms with Gasteiger partial charge in [-0.2, -0.15) is 0 Å². The van der Waals surface area contributed by atoms with Gasteiger partial charge in [0.1, 0.15) is 5.76 Å². The zero-order chi connectivity index (χ0) is 16.1. The molecule has 0 aliphatic heterocycles. The summed E-state index contributed by atoms with van der Waals surface area (Å²) in [7, 11) is -0.745. The molecule has 1 nitrogen and oxygen atoms in total. The minimum Gasteiger partial charge on any atom is -0.507 e. The quantitative estimate of drug-likeness (QED) is 0.526. The van der Waals surface area contributed by atoms with Crippen molar-refractivity contribution in [2.75, 3.05) is 0 Å². The molecule has 0 aliphatic carbocycles. The highest BCUT2D eigenvalue weighted by Gasteiger charge is 2.19. The maximum absolute atomic E-state index is 10.8. The lowest BCUT2D eigenvalue weighted by Gasteiger charge is -2.21. The molecule has 0 amide bonds. The zero-order valence-electron chi connectivity index (χ0n) is 13.1. The number of aliphatic hydroxyl groups is 1. The van der Waals surface area contributed by atoms with Crippen LogP contribution in [0.3, 0.4) is 0 Å². The van der Waals surface area contributed by atoms with Crippen molar-refractivity contribution in [2.24, 2.45) is 0 Å². The first kappa shape index (κ1) is 15.5. The number of allylic oxidation sites excluding steroid dienone is 1. The highest BCUT2D eigenvalue weighted by atomic mass is 31.1. The van der Waals surface area contributed by atoms with Crippen LogP contribution in [-0.2, 0) is 0 Å². The first-order valence-corrected chi connectivity index (χ1v) is 8.97. The second-order valence-electron chi connectivity index (χ2n) is 5.31. The lowest BCUT2D eigenvalue weighted by atomic mass is 10.2. The molecule has 0 spiro atoms. The van der Waals surface area contributed by atoms with E-state index in [0.29, 0.717) is 5.76 Å². The van der Waals surface area contributed by atoms with Crippen LogP contribution >= 0.6 is 7.92 Å². The molecule has 0 radical (unpaired) electrons. The Kier molecular flexibility index (Phi) is 4.90. The summed E-state index contributed by atoms with van der Waals surface area (Å²) in [5.74, 6) is 0.379. The Morgan fingerprint density at radius 1 is 0.652 bits per heavy atom. The maximum Gasteiger partial charge on any atom is 0.126 e. The third-order valence-electron chi connectivity index (χ3n) is 3.75. The molecule has 0 unspecified atom stereocenters. The lowest BCUT2D eigenvalue weighted by Crippen LogP contribution is -2.12. The summed E-state index contributed by atoms with van der Waals surface area (Å²) in [6.07, 6.45) is 0. The summed E-state index contributed by atoms with van der Waals surface area (Å²) in [6.45, 7) is 2.04.